The molecular formula is C19H14N4O2. The molecule has 122 valence electrons. The van der Waals surface area contributed by atoms with Crippen molar-refractivity contribution < 1.29 is 4.74 Å². The van der Waals surface area contributed by atoms with Crippen LogP contribution in [0.3, 0.4) is 0 Å². The average molecular weight is 330 g/mol. The van der Waals surface area contributed by atoms with Crippen LogP contribution in [0.4, 0.5) is 0 Å². The van der Waals surface area contributed by atoms with E-state index in [0.29, 0.717) is 28.6 Å². The molecule has 4 rings (SSSR count). The Labute approximate surface area is 143 Å². The van der Waals surface area contributed by atoms with Crippen molar-refractivity contribution in [1.82, 2.24) is 20.0 Å². The van der Waals surface area contributed by atoms with Gasteiger partial charge in [0.05, 0.1) is 17.4 Å². The smallest absolute Gasteiger partial charge is 0.275 e. The van der Waals surface area contributed by atoms with Crippen LogP contribution in [0.5, 0.6) is 11.5 Å². The van der Waals surface area contributed by atoms with Crippen molar-refractivity contribution in [3.8, 4) is 28.6 Å². The van der Waals surface area contributed by atoms with Crippen LogP contribution in [0.25, 0.3) is 17.1 Å². The van der Waals surface area contributed by atoms with Crippen LogP contribution in [-0.2, 0) is 0 Å². The van der Waals surface area contributed by atoms with E-state index in [9.17, 15) is 4.79 Å². The lowest BCUT2D eigenvalue weighted by Gasteiger charge is -2.12. The third-order valence-electron chi connectivity index (χ3n) is 3.62. The highest BCUT2D eigenvalue weighted by Crippen LogP contribution is 2.29. The second-order valence-corrected chi connectivity index (χ2v) is 5.33. The standard InChI is InChI=1S/C19H14N4O2/c24-18-13-17(25-15-9-5-2-6-10-15)19(16-11-12-20-21-16)22-23(18)14-7-3-1-4-8-14/h1-13H,(H,20,21). The number of rotatable bonds is 4. The van der Waals surface area contributed by atoms with Gasteiger partial charge in [0.25, 0.3) is 5.56 Å². The molecule has 0 unspecified atom stereocenters. The molecule has 6 nitrogen and oxygen atoms in total. The van der Waals surface area contributed by atoms with E-state index in [1.54, 1.807) is 12.3 Å². The predicted octanol–water partition coefficient (Wildman–Crippen LogP) is 3.41. The molecule has 0 aliphatic rings. The Morgan fingerprint density at radius 2 is 1.64 bits per heavy atom. The molecular weight excluding hydrogens is 316 g/mol. The molecule has 0 atom stereocenters. The summed E-state index contributed by atoms with van der Waals surface area (Å²) < 4.78 is 7.22. The molecule has 2 aromatic carbocycles. The fourth-order valence-corrected chi connectivity index (χ4v) is 2.46. The Hall–Kier alpha value is -3.67. The Morgan fingerprint density at radius 3 is 2.32 bits per heavy atom. The SMILES string of the molecule is O=c1cc(Oc2ccccc2)c(-c2ccn[nH]2)nn1-c1ccccc1. The van der Waals surface area contributed by atoms with Gasteiger partial charge >= 0.3 is 0 Å². The van der Waals surface area contributed by atoms with E-state index in [0.717, 1.165) is 0 Å². The average Bonchev–Trinajstić information content (AvgIpc) is 3.18. The maximum absolute atomic E-state index is 12.5. The molecule has 6 heteroatoms. The maximum atomic E-state index is 12.5. The number of ether oxygens (including phenoxy) is 1. The van der Waals surface area contributed by atoms with E-state index in [2.05, 4.69) is 15.3 Å². The minimum atomic E-state index is -0.277. The fraction of sp³-hybridized carbons (Fsp3) is 0. The van der Waals surface area contributed by atoms with Crippen LogP contribution in [-0.4, -0.2) is 20.0 Å². The van der Waals surface area contributed by atoms with Crippen LogP contribution in [0.1, 0.15) is 0 Å². The minimum Gasteiger partial charge on any atom is -0.455 e. The van der Waals surface area contributed by atoms with E-state index in [1.165, 1.54) is 10.7 Å². The van der Waals surface area contributed by atoms with Gasteiger partial charge < -0.3 is 4.74 Å². The van der Waals surface area contributed by atoms with Crippen LogP contribution >= 0.6 is 0 Å². The molecule has 0 spiro atoms. The van der Waals surface area contributed by atoms with Gasteiger partial charge in [0, 0.05) is 6.20 Å². The Balaban J connectivity index is 1.87. The molecule has 0 fully saturated rings. The van der Waals surface area contributed by atoms with E-state index in [4.69, 9.17) is 4.74 Å². The molecule has 0 radical (unpaired) electrons. The number of nitrogens with one attached hydrogen (secondary N) is 1. The number of nitrogens with zero attached hydrogens (tertiary/aromatic N) is 3. The first-order chi connectivity index (χ1) is 12.3. The maximum Gasteiger partial charge on any atom is 0.275 e. The molecule has 2 heterocycles. The first kappa shape index (κ1) is 14.9. The highest BCUT2D eigenvalue weighted by molar-refractivity contribution is 5.62. The number of benzene rings is 2. The first-order valence-electron chi connectivity index (χ1n) is 7.74. The second kappa shape index (κ2) is 6.45. The summed E-state index contributed by atoms with van der Waals surface area (Å²) in [6, 6.07) is 21.7. The Morgan fingerprint density at radius 1 is 0.920 bits per heavy atom. The van der Waals surface area contributed by atoms with Gasteiger partial charge in [-0.2, -0.15) is 14.9 Å². The van der Waals surface area contributed by atoms with Crippen molar-refractivity contribution in [2.45, 2.75) is 0 Å². The molecule has 1 N–H and O–H groups in total. The lowest BCUT2D eigenvalue weighted by Crippen LogP contribution is -2.21. The van der Waals surface area contributed by atoms with Gasteiger partial charge in [-0.3, -0.25) is 9.89 Å². The van der Waals surface area contributed by atoms with E-state index in [1.807, 2.05) is 60.7 Å². The van der Waals surface area contributed by atoms with Crippen LogP contribution in [0.2, 0.25) is 0 Å². The van der Waals surface area contributed by atoms with Crippen molar-refractivity contribution in [1.29, 1.82) is 0 Å². The van der Waals surface area contributed by atoms with Gasteiger partial charge in [-0.15, -0.1) is 0 Å². The normalized spacial score (nSPS) is 10.6. The summed E-state index contributed by atoms with van der Waals surface area (Å²) in [4.78, 5) is 12.5. The monoisotopic (exact) mass is 330 g/mol. The first-order valence-corrected chi connectivity index (χ1v) is 7.74. The topological polar surface area (TPSA) is 72.8 Å². The zero-order chi connectivity index (χ0) is 17.1. The Bertz CT molecular complexity index is 1030. The fourth-order valence-electron chi connectivity index (χ4n) is 2.46. The molecule has 0 saturated heterocycles. The number of para-hydroxylation sites is 2. The number of aromatic amines is 1. The highest BCUT2D eigenvalue weighted by atomic mass is 16.5. The number of hydrogen-bond acceptors (Lipinski definition) is 4. The van der Waals surface area contributed by atoms with Crippen molar-refractivity contribution in [2.75, 3.05) is 0 Å². The van der Waals surface area contributed by atoms with Gasteiger partial charge in [-0.05, 0) is 30.3 Å². The van der Waals surface area contributed by atoms with E-state index >= 15 is 0 Å². The summed E-state index contributed by atoms with van der Waals surface area (Å²) in [5.41, 5.74) is 1.57. The number of hydrogen-bond donors (Lipinski definition) is 1. The molecule has 0 aliphatic carbocycles. The van der Waals surface area contributed by atoms with E-state index in [-0.39, 0.29) is 5.56 Å². The summed E-state index contributed by atoms with van der Waals surface area (Å²) in [5, 5.41) is 11.3. The lowest BCUT2D eigenvalue weighted by molar-refractivity contribution is 0.477. The van der Waals surface area contributed by atoms with Gasteiger partial charge in [0.15, 0.2) is 11.4 Å². The largest absolute Gasteiger partial charge is 0.455 e. The zero-order valence-electron chi connectivity index (χ0n) is 13.2. The third-order valence-corrected chi connectivity index (χ3v) is 3.62. The molecule has 4 aromatic rings. The van der Waals surface area contributed by atoms with Gasteiger partial charge in [-0.1, -0.05) is 36.4 Å². The number of aromatic nitrogens is 4. The van der Waals surface area contributed by atoms with Crippen molar-refractivity contribution in [2.24, 2.45) is 0 Å². The summed E-state index contributed by atoms with van der Waals surface area (Å²) in [5.74, 6) is 0.995. The third kappa shape index (κ3) is 3.05. The van der Waals surface area contributed by atoms with Gasteiger partial charge in [-0.25, -0.2) is 0 Å². The van der Waals surface area contributed by atoms with Crippen molar-refractivity contribution in [3.63, 3.8) is 0 Å². The summed E-state index contributed by atoms with van der Waals surface area (Å²) >= 11 is 0. The van der Waals surface area contributed by atoms with Gasteiger partial charge in [0.1, 0.15) is 5.75 Å². The summed E-state index contributed by atoms with van der Waals surface area (Å²) in [6.07, 6.45) is 1.63. The predicted molar refractivity (Wildman–Crippen MR) is 93.9 cm³/mol. The summed E-state index contributed by atoms with van der Waals surface area (Å²) in [6.45, 7) is 0. The minimum absolute atomic E-state index is 0.277. The van der Waals surface area contributed by atoms with Crippen LogP contribution < -0.4 is 10.3 Å². The molecule has 2 aromatic heterocycles. The van der Waals surface area contributed by atoms with Crippen LogP contribution in [0.15, 0.2) is 83.8 Å². The molecule has 0 saturated carbocycles. The highest BCUT2D eigenvalue weighted by Gasteiger charge is 2.15. The van der Waals surface area contributed by atoms with E-state index < -0.39 is 0 Å². The lowest BCUT2D eigenvalue weighted by atomic mass is 10.2. The molecule has 0 bridgehead atoms. The molecule has 0 amide bonds. The van der Waals surface area contributed by atoms with Crippen molar-refractivity contribution >= 4 is 0 Å². The quantitative estimate of drug-likeness (QED) is 0.622. The molecule has 0 aliphatic heterocycles. The summed E-state index contributed by atoms with van der Waals surface area (Å²) in [7, 11) is 0. The van der Waals surface area contributed by atoms with Crippen LogP contribution in [0, 0.1) is 0 Å². The zero-order valence-corrected chi connectivity index (χ0v) is 13.2. The molecule has 25 heavy (non-hydrogen) atoms. The second-order valence-electron chi connectivity index (χ2n) is 5.33. The van der Waals surface area contributed by atoms with Gasteiger partial charge in [0.2, 0.25) is 0 Å². The Kier molecular flexibility index (Phi) is 3.84. The van der Waals surface area contributed by atoms with Crippen molar-refractivity contribution in [3.05, 3.63) is 89.3 Å². The number of H-pyrrole nitrogens is 1.